The third-order valence-electron chi connectivity index (χ3n) is 3.79. The van der Waals surface area contributed by atoms with Gasteiger partial charge in [-0.15, -0.1) is 0 Å². The standard InChI is InChI=1S/C18H16N2O4/c1-24-9-8-19-17(22)12-4-2-11(3-5-12)13-6-7-15-14(10-13)16(21)18(23)20-15/h2-7,10H,8-9H2,1H3,(H,19,22)(H,20,21,23). The summed E-state index contributed by atoms with van der Waals surface area (Å²) in [6.07, 6.45) is 0. The van der Waals surface area contributed by atoms with Crippen molar-refractivity contribution in [3.63, 3.8) is 0 Å². The van der Waals surface area contributed by atoms with Crippen molar-refractivity contribution in [2.75, 3.05) is 25.6 Å². The Kier molecular flexibility index (Phi) is 4.39. The summed E-state index contributed by atoms with van der Waals surface area (Å²) >= 11 is 0. The Labute approximate surface area is 138 Å². The van der Waals surface area contributed by atoms with Crippen LogP contribution in [0.5, 0.6) is 0 Å². The van der Waals surface area contributed by atoms with Gasteiger partial charge in [0.1, 0.15) is 0 Å². The van der Waals surface area contributed by atoms with Crippen LogP contribution in [0, 0.1) is 0 Å². The third-order valence-corrected chi connectivity index (χ3v) is 3.79. The van der Waals surface area contributed by atoms with E-state index in [1.165, 1.54) is 0 Å². The Hall–Kier alpha value is -2.99. The first kappa shape index (κ1) is 15.9. The fraction of sp³-hybridized carbons (Fsp3) is 0.167. The van der Waals surface area contributed by atoms with Gasteiger partial charge < -0.3 is 15.4 Å². The average molecular weight is 324 g/mol. The molecule has 0 saturated heterocycles. The highest BCUT2D eigenvalue weighted by Gasteiger charge is 2.27. The van der Waals surface area contributed by atoms with Crippen LogP contribution in [0.4, 0.5) is 5.69 Å². The lowest BCUT2D eigenvalue weighted by molar-refractivity contribution is -0.112. The molecule has 2 amide bonds. The van der Waals surface area contributed by atoms with Crippen LogP contribution in [0.25, 0.3) is 11.1 Å². The number of methoxy groups -OCH3 is 1. The molecule has 0 fully saturated rings. The monoisotopic (exact) mass is 324 g/mol. The van der Waals surface area contributed by atoms with E-state index in [4.69, 9.17) is 4.74 Å². The molecule has 1 aliphatic heterocycles. The Morgan fingerprint density at radius 3 is 2.50 bits per heavy atom. The average Bonchev–Trinajstić information content (AvgIpc) is 2.89. The number of carbonyl (C=O) groups excluding carboxylic acids is 3. The van der Waals surface area contributed by atoms with E-state index >= 15 is 0 Å². The minimum absolute atomic E-state index is 0.169. The molecule has 0 bridgehead atoms. The molecule has 0 unspecified atom stereocenters. The fourth-order valence-corrected chi connectivity index (χ4v) is 2.50. The van der Waals surface area contributed by atoms with Gasteiger partial charge in [0.05, 0.1) is 17.9 Å². The number of ether oxygens (including phenoxy) is 1. The van der Waals surface area contributed by atoms with Crippen molar-refractivity contribution in [3.8, 4) is 11.1 Å². The van der Waals surface area contributed by atoms with E-state index in [1.807, 2.05) is 18.2 Å². The zero-order valence-electron chi connectivity index (χ0n) is 13.1. The molecule has 0 atom stereocenters. The molecule has 0 aromatic heterocycles. The number of amides is 2. The summed E-state index contributed by atoms with van der Waals surface area (Å²) in [7, 11) is 1.57. The second kappa shape index (κ2) is 6.64. The fourth-order valence-electron chi connectivity index (χ4n) is 2.50. The van der Waals surface area contributed by atoms with E-state index in [9.17, 15) is 14.4 Å². The van der Waals surface area contributed by atoms with Crippen molar-refractivity contribution < 1.29 is 19.1 Å². The van der Waals surface area contributed by atoms with Gasteiger partial charge in [0.15, 0.2) is 0 Å². The van der Waals surface area contributed by atoms with Crippen molar-refractivity contribution in [3.05, 3.63) is 53.6 Å². The molecule has 0 aliphatic carbocycles. The molecule has 24 heavy (non-hydrogen) atoms. The van der Waals surface area contributed by atoms with Crippen LogP contribution >= 0.6 is 0 Å². The van der Waals surface area contributed by atoms with E-state index in [2.05, 4.69) is 10.6 Å². The summed E-state index contributed by atoms with van der Waals surface area (Å²) < 4.78 is 4.89. The lowest BCUT2D eigenvalue weighted by atomic mass is 10.00. The van der Waals surface area contributed by atoms with Gasteiger partial charge in [0.25, 0.3) is 17.6 Å². The van der Waals surface area contributed by atoms with Gasteiger partial charge in [-0.1, -0.05) is 18.2 Å². The molecule has 1 aliphatic rings. The number of benzene rings is 2. The molecule has 6 heteroatoms. The van der Waals surface area contributed by atoms with Crippen molar-refractivity contribution in [1.82, 2.24) is 5.32 Å². The minimum Gasteiger partial charge on any atom is -0.383 e. The summed E-state index contributed by atoms with van der Waals surface area (Å²) in [4.78, 5) is 35.1. The molecule has 0 spiro atoms. The lowest BCUT2D eigenvalue weighted by Crippen LogP contribution is -2.26. The largest absolute Gasteiger partial charge is 0.383 e. The van der Waals surface area contributed by atoms with E-state index < -0.39 is 11.7 Å². The SMILES string of the molecule is COCCNC(=O)c1ccc(-c2ccc3c(c2)C(=O)C(=O)N3)cc1. The third kappa shape index (κ3) is 3.04. The topological polar surface area (TPSA) is 84.5 Å². The molecule has 1 heterocycles. The molecule has 0 radical (unpaired) electrons. The van der Waals surface area contributed by atoms with E-state index in [0.29, 0.717) is 30.0 Å². The predicted molar refractivity (Wildman–Crippen MR) is 89.0 cm³/mol. The number of hydrogen-bond donors (Lipinski definition) is 2. The number of rotatable bonds is 5. The van der Waals surface area contributed by atoms with E-state index in [0.717, 1.165) is 11.1 Å². The van der Waals surface area contributed by atoms with Gasteiger partial charge in [-0.25, -0.2) is 0 Å². The van der Waals surface area contributed by atoms with Gasteiger partial charge in [-0.3, -0.25) is 14.4 Å². The zero-order valence-corrected chi connectivity index (χ0v) is 13.1. The number of carbonyl (C=O) groups is 3. The summed E-state index contributed by atoms with van der Waals surface area (Å²) in [5, 5.41) is 5.27. The smallest absolute Gasteiger partial charge is 0.296 e. The highest BCUT2D eigenvalue weighted by atomic mass is 16.5. The van der Waals surface area contributed by atoms with Crippen LogP contribution in [0.1, 0.15) is 20.7 Å². The first-order valence-electron chi connectivity index (χ1n) is 7.47. The first-order chi connectivity index (χ1) is 11.6. The molecule has 122 valence electrons. The van der Waals surface area contributed by atoms with E-state index in [1.54, 1.807) is 31.4 Å². The molecular formula is C18H16N2O4. The van der Waals surface area contributed by atoms with Crippen molar-refractivity contribution in [2.24, 2.45) is 0 Å². The van der Waals surface area contributed by atoms with E-state index in [-0.39, 0.29) is 5.91 Å². The second-order valence-electron chi connectivity index (χ2n) is 5.37. The molecule has 2 aromatic carbocycles. The maximum atomic E-state index is 11.9. The highest BCUT2D eigenvalue weighted by molar-refractivity contribution is 6.51. The number of hydrogen-bond acceptors (Lipinski definition) is 4. The van der Waals surface area contributed by atoms with Gasteiger partial charge in [0.2, 0.25) is 0 Å². The van der Waals surface area contributed by atoms with Gasteiger partial charge >= 0.3 is 0 Å². The Bertz CT molecular complexity index is 812. The van der Waals surface area contributed by atoms with Crippen LogP contribution in [0.15, 0.2) is 42.5 Å². The molecular weight excluding hydrogens is 308 g/mol. The Morgan fingerprint density at radius 1 is 1.08 bits per heavy atom. The van der Waals surface area contributed by atoms with Crippen molar-refractivity contribution in [2.45, 2.75) is 0 Å². The molecule has 6 nitrogen and oxygen atoms in total. The number of anilines is 1. The molecule has 2 aromatic rings. The molecule has 0 saturated carbocycles. The molecule has 2 N–H and O–H groups in total. The summed E-state index contributed by atoms with van der Waals surface area (Å²) in [5.41, 5.74) is 3.12. The summed E-state index contributed by atoms with van der Waals surface area (Å²) in [6, 6.07) is 12.3. The van der Waals surface area contributed by atoms with Crippen LogP contribution in [0.2, 0.25) is 0 Å². The Morgan fingerprint density at radius 2 is 1.79 bits per heavy atom. The molecule has 3 rings (SSSR count). The summed E-state index contributed by atoms with van der Waals surface area (Å²) in [6.45, 7) is 0.908. The van der Waals surface area contributed by atoms with Crippen LogP contribution in [0.3, 0.4) is 0 Å². The predicted octanol–water partition coefficient (Wildman–Crippen LogP) is 1.86. The number of ketones is 1. The maximum Gasteiger partial charge on any atom is 0.296 e. The highest BCUT2D eigenvalue weighted by Crippen LogP contribution is 2.29. The summed E-state index contributed by atoms with van der Waals surface area (Å²) in [5.74, 6) is -1.30. The lowest BCUT2D eigenvalue weighted by Gasteiger charge is -2.07. The number of nitrogens with one attached hydrogen (secondary N) is 2. The second-order valence-corrected chi connectivity index (χ2v) is 5.37. The number of Topliss-reactive ketones (excluding diaryl/α,β-unsaturated/α-hetero) is 1. The van der Waals surface area contributed by atoms with Gasteiger partial charge in [-0.2, -0.15) is 0 Å². The van der Waals surface area contributed by atoms with Crippen LogP contribution in [-0.4, -0.2) is 37.9 Å². The van der Waals surface area contributed by atoms with Crippen molar-refractivity contribution in [1.29, 1.82) is 0 Å². The zero-order chi connectivity index (χ0) is 17.1. The van der Waals surface area contributed by atoms with Crippen LogP contribution < -0.4 is 10.6 Å². The minimum atomic E-state index is -0.606. The van der Waals surface area contributed by atoms with Gasteiger partial charge in [0, 0.05) is 19.2 Å². The number of fused-ring (bicyclic) bond motifs is 1. The normalized spacial score (nSPS) is 12.7. The van der Waals surface area contributed by atoms with Gasteiger partial charge in [-0.05, 0) is 35.4 Å². The van der Waals surface area contributed by atoms with Crippen molar-refractivity contribution >= 4 is 23.3 Å². The first-order valence-corrected chi connectivity index (χ1v) is 7.47. The maximum absolute atomic E-state index is 11.9. The van der Waals surface area contributed by atoms with Crippen LogP contribution in [-0.2, 0) is 9.53 Å². The quantitative estimate of drug-likeness (QED) is 0.649. The Balaban J connectivity index is 1.78.